The summed E-state index contributed by atoms with van der Waals surface area (Å²) in [6.45, 7) is 7.48. The second-order valence-corrected chi connectivity index (χ2v) is 5.14. The number of aromatic amines is 1. The first-order valence-electron chi connectivity index (χ1n) is 5.77. The monoisotopic (exact) mass is 231 g/mol. The van der Waals surface area contributed by atoms with Crippen molar-refractivity contribution in [2.24, 2.45) is 0 Å². The molecule has 3 heteroatoms. The van der Waals surface area contributed by atoms with Crippen molar-refractivity contribution in [2.45, 2.75) is 39.5 Å². The third-order valence-electron chi connectivity index (χ3n) is 3.47. The van der Waals surface area contributed by atoms with E-state index in [-0.39, 0.29) is 18.0 Å². The Morgan fingerprint density at radius 2 is 1.88 bits per heavy atom. The molecule has 17 heavy (non-hydrogen) atoms. The van der Waals surface area contributed by atoms with Crippen LogP contribution in [-0.2, 0) is 15.0 Å². The highest BCUT2D eigenvalue weighted by Crippen LogP contribution is 2.36. The Balaban J connectivity index is 2.57. The second kappa shape index (κ2) is 3.69. The number of ketones is 2. The SMILES string of the molecule is CC1=CC(=O)CC(C)(c2[nH]c(C)cc2C)C1=O. The Bertz CT molecular complexity index is 536. The van der Waals surface area contributed by atoms with Crippen molar-refractivity contribution in [1.29, 1.82) is 0 Å². The maximum absolute atomic E-state index is 12.3. The third kappa shape index (κ3) is 1.75. The number of aromatic nitrogens is 1. The van der Waals surface area contributed by atoms with Gasteiger partial charge in [-0.25, -0.2) is 0 Å². The number of allylic oxidation sites excluding steroid dienone is 2. The van der Waals surface area contributed by atoms with E-state index in [1.807, 2.05) is 26.8 Å². The predicted molar refractivity (Wildman–Crippen MR) is 66.0 cm³/mol. The molecule has 0 amide bonds. The van der Waals surface area contributed by atoms with Crippen molar-refractivity contribution in [3.8, 4) is 0 Å². The molecule has 0 spiro atoms. The maximum Gasteiger partial charge on any atom is 0.170 e. The minimum absolute atomic E-state index is 0.0243. The first-order valence-corrected chi connectivity index (χ1v) is 5.77. The Kier molecular flexibility index (Phi) is 2.57. The molecular formula is C14H17NO2. The number of carbonyl (C=O) groups excluding carboxylic acids is 2. The molecule has 1 aliphatic rings. The highest BCUT2D eigenvalue weighted by atomic mass is 16.1. The molecule has 1 aromatic rings. The zero-order valence-electron chi connectivity index (χ0n) is 10.7. The van der Waals surface area contributed by atoms with Crippen molar-refractivity contribution < 1.29 is 9.59 Å². The first-order chi connectivity index (χ1) is 7.84. The van der Waals surface area contributed by atoms with Crippen molar-refractivity contribution in [1.82, 2.24) is 4.98 Å². The summed E-state index contributed by atoms with van der Waals surface area (Å²) in [4.78, 5) is 27.2. The van der Waals surface area contributed by atoms with Crippen LogP contribution in [0.5, 0.6) is 0 Å². The molecule has 90 valence electrons. The normalized spacial score (nSPS) is 25.1. The zero-order chi connectivity index (χ0) is 12.8. The number of hydrogen-bond acceptors (Lipinski definition) is 2. The summed E-state index contributed by atoms with van der Waals surface area (Å²) < 4.78 is 0. The van der Waals surface area contributed by atoms with Crippen LogP contribution in [0.2, 0.25) is 0 Å². The van der Waals surface area contributed by atoms with Crippen LogP contribution < -0.4 is 0 Å². The van der Waals surface area contributed by atoms with Gasteiger partial charge in [-0.2, -0.15) is 0 Å². The molecule has 1 aromatic heterocycles. The van der Waals surface area contributed by atoms with Crippen LogP contribution in [0.15, 0.2) is 17.7 Å². The smallest absolute Gasteiger partial charge is 0.170 e. The summed E-state index contributed by atoms with van der Waals surface area (Å²) in [7, 11) is 0. The standard InChI is InChI=1S/C14H17NO2/c1-8-5-10(3)15-12(8)14(4)7-11(16)6-9(2)13(14)17/h5-6,15H,7H2,1-4H3. The van der Waals surface area contributed by atoms with Gasteiger partial charge in [-0.3, -0.25) is 9.59 Å². The van der Waals surface area contributed by atoms with E-state index in [1.54, 1.807) is 6.92 Å². The van der Waals surface area contributed by atoms with Gasteiger partial charge in [0.15, 0.2) is 11.6 Å². The maximum atomic E-state index is 12.3. The molecular weight excluding hydrogens is 214 g/mol. The number of Topliss-reactive ketones (excluding diaryl/α,β-unsaturated/α-hetero) is 1. The molecule has 0 radical (unpaired) electrons. The van der Waals surface area contributed by atoms with E-state index in [0.29, 0.717) is 5.57 Å². The van der Waals surface area contributed by atoms with Gasteiger partial charge in [-0.1, -0.05) is 0 Å². The molecule has 0 bridgehead atoms. The molecule has 0 aromatic carbocycles. The number of rotatable bonds is 1. The van der Waals surface area contributed by atoms with Gasteiger partial charge in [0.05, 0.1) is 5.41 Å². The fourth-order valence-corrected chi connectivity index (χ4v) is 2.73. The highest BCUT2D eigenvalue weighted by molar-refractivity contribution is 6.13. The van der Waals surface area contributed by atoms with E-state index in [4.69, 9.17) is 0 Å². The van der Waals surface area contributed by atoms with Crippen LogP contribution in [0.4, 0.5) is 0 Å². The van der Waals surface area contributed by atoms with E-state index >= 15 is 0 Å². The van der Waals surface area contributed by atoms with Crippen molar-refractivity contribution in [2.75, 3.05) is 0 Å². The number of H-pyrrole nitrogens is 1. The van der Waals surface area contributed by atoms with E-state index in [2.05, 4.69) is 4.98 Å². The van der Waals surface area contributed by atoms with Crippen molar-refractivity contribution in [3.05, 3.63) is 34.7 Å². The van der Waals surface area contributed by atoms with Crippen molar-refractivity contribution >= 4 is 11.6 Å². The van der Waals surface area contributed by atoms with Gasteiger partial charge in [-0.15, -0.1) is 0 Å². The van der Waals surface area contributed by atoms with Gasteiger partial charge in [-0.05, 0) is 51.0 Å². The van der Waals surface area contributed by atoms with E-state index in [0.717, 1.165) is 17.0 Å². The molecule has 0 aliphatic heterocycles. The topological polar surface area (TPSA) is 49.9 Å². The van der Waals surface area contributed by atoms with E-state index in [9.17, 15) is 9.59 Å². The molecule has 1 heterocycles. The molecule has 0 fully saturated rings. The fourth-order valence-electron chi connectivity index (χ4n) is 2.73. The summed E-state index contributed by atoms with van der Waals surface area (Å²) in [6, 6.07) is 2.01. The van der Waals surface area contributed by atoms with Gasteiger partial charge >= 0.3 is 0 Å². The lowest BCUT2D eigenvalue weighted by molar-refractivity contribution is -0.126. The number of hydrogen-bond donors (Lipinski definition) is 1. The summed E-state index contributed by atoms with van der Waals surface area (Å²) in [6.07, 6.45) is 1.71. The Hall–Kier alpha value is -1.64. The quantitative estimate of drug-likeness (QED) is 0.806. The summed E-state index contributed by atoms with van der Waals surface area (Å²) in [5, 5.41) is 0. The molecule has 1 unspecified atom stereocenters. The summed E-state index contributed by atoms with van der Waals surface area (Å²) in [5.41, 5.74) is 2.76. The molecule has 1 N–H and O–H groups in total. The molecule has 1 aliphatic carbocycles. The predicted octanol–water partition coefficient (Wildman–Crippen LogP) is 2.38. The Labute approximate surface area is 101 Å². The average Bonchev–Trinajstić information content (AvgIpc) is 2.54. The van der Waals surface area contributed by atoms with Crippen LogP contribution in [0.25, 0.3) is 0 Å². The van der Waals surface area contributed by atoms with Crippen LogP contribution in [0, 0.1) is 13.8 Å². The minimum atomic E-state index is -0.728. The van der Waals surface area contributed by atoms with Gasteiger partial charge in [0.1, 0.15) is 0 Å². The highest BCUT2D eigenvalue weighted by Gasteiger charge is 2.42. The number of carbonyl (C=O) groups is 2. The van der Waals surface area contributed by atoms with E-state index < -0.39 is 5.41 Å². The molecule has 0 saturated carbocycles. The third-order valence-corrected chi connectivity index (χ3v) is 3.47. The fraction of sp³-hybridized carbons (Fsp3) is 0.429. The molecule has 3 nitrogen and oxygen atoms in total. The minimum Gasteiger partial charge on any atom is -0.361 e. The summed E-state index contributed by atoms with van der Waals surface area (Å²) in [5.74, 6) is 0.0679. The average molecular weight is 231 g/mol. The second-order valence-electron chi connectivity index (χ2n) is 5.14. The Morgan fingerprint density at radius 1 is 1.24 bits per heavy atom. The first kappa shape index (κ1) is 11.8. The lowest BCUT2D eigenvalue weighted by Gasteiger charge is -2.30. The molecule has 1 atom stereocenters. The largest absolute Gasteiger partial charge is 0.361 e. The van der Waals surface area contributed by atoms with Gasteiger partial charge in [0.25, 0.3) is 0 Å². The Morgan fingerprint density at radius 3 is 2.41 bits per heavy atom. The lowest BCUT2D eigenvalue weighted by Crippen LogP contribution is -2.39. The van der Waals surface area contributed by atoms with Crippen LogP contribution in [0.3, 0.4) is 0 Å². The van der Waals surface area contributed by atoms with Gasteiger partial charge in [0, 0.05) is 17.8 Å². The van der Waals surface area contributed by atoms with Crippen LogP contribution >= 0.6 is 0 Å². The number of nitrogens with one attached hydrogen (secondary N) is 1. The lowest BCUT2D eigenvalue weighted by atomic mass is 9.71. The molecule has 2 rings (SSSR count). The van der Waals surface area contributed by atoms with Gasteiger partial charge in [0.2, 0.25) is 0 Å². The molecule has 0 saturated heterocycles. The summed E-state index contributed by atoms with van der Waals surface area (Å²) >= 11 is 0. The van der Waals surface area contributed by atoms with Crippen LogP contribution in [-0.4, -0.2) is 16.6 Å². The zero-order valence-corrected chi connectivity index (χ0v) is 10.7. The van der Waals surface area contributed by atoms with E-state index in [1.165, 1.54) is 6.08 Å². The number of aryl methyl sites for hydroxylation is 2. The van der Waals surface area contributed by atoms with Crippen LogP contribution in [0.1, 0.15) is 37.2 Å². The van der Waals surface area contributed by atoms with Gasteiger partial charge < -0.3 is 4.98 Å². The van der Waals surface area contributed by atoms with Crippen molar-refractivity contribution in [3.63, 3.8) is 0 Å².